The van der Waals surface area contributed by atoms with Gasteiger partial charge in [-0.25, -0.2) is 32.6 Å². The summed E-state index contributed by atoms with van der Waals surface area (Å²) in [5.74, 6) is 2.06. The molecule has 44 heavy (non-hydrogen) atoms. The molecule has 2 fully saturated rings. The first-order valence-corrected chi connectivity index (χ1v) is 16.7. The summed E-state index contributed by atoms with van der Waals surface area (Å²) in [6, 6.07) is 11.6. The van der Waals surface area contributed by atoms with Crippen LogP contribution in [0.1, 0.15) is 61.1 Å². The quantitative estimate of drug-likeness (QED) is 0.209. The predicted molar refractivity (Wildman–Crippen MR) is 164 cm³/mol. The maximum Gasteiger partial charge on any atom is 0.249 e. The third kappa shape index (κ3) is 5.41. The molecule has 7 rings (SSSR count). The van der Waals surface area contributed by atoms with Crippen LogP contribution < -0.4 is 9.64 Å². The molecule has 5 heterocycles. The molecule has 0 bridgehead atoms. The molecule has 1 atom stereocenters. The summed E-state index contributed by atoms with van der Waals surface area (Å²) in [5.41, 5.74) is 4.57. The molecule has 0 spiro atoms. The topological polar surface area (TPSA) is 130 Å². The molecule has 1 aliphatic carbocycles. The number of anilines is 2. The van der Waals surface area contributed by atoms with Crippen molar-refractivity contribution in [3.05, 3.63) is 71.8 Å². The number of aryl methyl sites for hydroxylation is 1. The largest absolute Gasteiger partial charge is 0.497 e. The van der Waals surface area contributed by atoms with Crippen LogP contribution in [0, 0.1) is 6.92 Å². The zero-order chi connectivity index (χ0) is 30.4. The van der Waals surface area contributed by atoms with Crippen LogP contribution in [0.15, 0.2) is 60.1 Å². The van der Waals surface area contributed by atoms with E-state index in [4.69, 9.17) is 19.6 Å². The van der Waals surface area contributed by atoms with Gasteiger partial charge in [0.2, 0.25) is 15.0 Å². The van der Waals surface area contributed by atoms with Gasteiger partial charge in [-0.1, -0.05) is 12.1 Å². The highest BCUT2D eigenvalue weighted by atomic mass is 32.2. The van der Waals surface area contributed by atoms with E-state index in [9.17, 15) is 8.42 Å². The highest BCUT2D eigenvalue weighted by molar-refractivity contribution is 7.90. The van der Waals surface area contributed by atoms with Gasteiger partial charge < -0.3 is 14.4 Å². The molecular formula is C31H34N8O4S. The Morgan fingerprint density at radius 1 is 1.11 bits per heavy atom. The van der Waals surface area contributed by atoms with Crippen LogP contribution in [0.25, 0.3) is 16.9 Å². The molecule has 12 nitrogen and oxygen atoms in total. The lowest BCUT2D eigenvalue weighted by Gasteiger charge is -2.26. The second kappa shape index (κ2) is 11.3. The van der Waals surface area contributed by atoms with Crippen molar-refractivity contribution in [1.29, 1.82) is 0 Å². The van der Waals surface area contributed by atoms with E-state index in [2.05, 4.69) is 15.1 Å². The number of sulfone groups is 1. The SMILES string of the molecule is COc1ccc(CN(c2cc(C)n(C3CCCCO3)n2)c2nc(S(C)(=O)=O)nc(-c3cnn4cccnc34)c2C2CC2)cc1. The number of aromatic nitrogens is 7. The van der Waals surface area contributed by atoms with Crippen molar-refractivity contribution in [2.75, 3.05) is 24.9 Å². The Labute approximate surface area is 255 Å². The third-order valence-corrected chi connectivity index (χ3v) is 8.97. The fourth-order valence-corrected chi connectivity index (χ4v) is 6.26. The Morgan fingerprint density at radius 3 is 2.64 bits per heavy atom. The van der Waals surface area contributed by atoms with Crippen molar-refractivity contribution in [3.8, 4) is 17.0 Å². The van der Waals surface area contributed by atoms with Crippen LogP contribution in [0.4, 0.5) is 11.6 Å². The number of benzene rings is 1. The fraction of sp³-hybridized carbons (Fsp3) is 0.387. The molecule has 0 N–H and O–H groups in total. The fourth-order valence-electron chi connectivity index (χ4n) is 5.75. The molecule has 1 aromatic carbocycles. The van der Waals surface area contributed by atoms with Crippen molar-refractivity contribution >= 4 is 27.1 Å². The maximum atomic E-state index is 13.1. The number of fused-ring (bicyclic) bond motifs is 1. The summed E-state index contributed by atoms with van der Waals surface area (Å²) in [5, 5.41) is 9.27. The average Bonchev–Trinajstić information content (AvgIpc) is 3.67. The first kappa shape index (κ1) is 28.4. The van der Waals surface area contributed by atoms with Crippen molar-refractivity contribution in [3.63, 3.8) is 0 Å². The molecule has 13 heteroatoms. The normalized spacial score (nSPS) is 17.2. The molecule has 2 aliphatic rings. The van der Waals surface area contributed by atoms with Crippen molar-refractivity contribution in [1.82, 2.24) is 34.3 Å². The number of nitrogens with zero attached hydrogens (tertiary/aromatic N) is 8. The van der Waals surface area contributed by atoms with E-state index in [1.807, 2.05) is 46.8 Å². The molecule has 0 radical (unpaired) electrons. The minimum atomic E-state index is -3.79. The van der Waals surface area contributed by atoms with Gasteiger partial charge in [-0.05, 0) is 68.7 Å². The van der Waals surface area contributed by atoms with Crippen LogP contribution in [0.3, 0.4) is 0 Å². The van der Waals surface area contributed by atoms with Crippen molar-refractivity contribution in [2.24, 2.45) is 0 Å². The number of ether oxygens (including phenoxy) is 2. The van der Waals surface area contributed by atoms with Crippen LogP contribution in [0.5, 0.6) is 5.75 Å². The maximum absolute atomic E-state index is 13.1. The smallest absolute Gasteiger partial charge is 0.249 e. The minimum absolute atomic E-state index is 0.149. The van der Waals surface area contributed by atoms with E-state index in [-0.39, 0.29) is 17.3 Å². The van der Waals surface area contributed by atoms with Gasteiger partial charge in [-0.15, -0.1) is 0 Å². The van der Waals surface area contributed by atoms with E-state index in [1.165, 1.54) is 0 Å². The van der Waals surface area contributed by atoms with E-state index in [1.54, 1.807) is 36.3 Å². The third-order valence-electron chi connectivity index (χ3n) is 8.13. The summed E-state index contributed by atoms with van der Waals surface area (Å²) in [4.78, 5) is 16.0. The molecule has 0 amide bonds. The summed E-state index contributed by atoms with van der Waals surface area (Å²) < 4.78 is 41.2. The van der Waals surface area contributed by atoms with Crippen LogP contribution in [-0.4, -0.2) is 62.7 Å². The van der Waals surface area contributed by atoms with Gasteiger partial charge in [0.15, 0.2) is 17.7 Å². The highest BCUT2D eigenvalue weighted by Gasteiger charge is 2.36. The summed E-state index contributed by atoms with van der Waals surface area (Å²) in [7, 11) is -2.16. The zero-order valence-corrected chi connectivity index (χ0v) is 25.7. The van der Waals surface area contributed by atoms with E-state index < -0.39 is 9.84 Å². The second-order valence-corrected chi connectivity index (χ2v) is 13.3. The van der Waals surface area contributed by atoms with Gasteiger partial charge in [0.1, 0.15) is 11.6 Å². The lowest BCUT2D eigenvalue weighted by atomic mass is 10.0. The Morgan fingerprint density at radius 2 is 1.93 bits per heavy atom. The minimum Gasteiger partial charge on any atom is -0.497 e. The molecule has 1 unspecified atom stereocenters. The molecule has 228 valence electrons. The van der Waals surface area contributed by atoms with Gasteiger partial charge in [0.25, 0.3) is 0 Å². The Hall–Kier alpha value is -4.36. The van der Waals surface area contributed by atoms with Gasteiger partial charge in [0, 0.05) is 42.6 Å². The summed E-state index contributed by atoms with van der Waals surface area (Å²) >= 11 is 0. The number of hydrogen-bond acceptors (Lipinski definition) is 10. The van der Waals surface area contributed by atoms with Crippen LogP contribution >= 0.6 is 0 Å². The van der Waals surface area contributed by atoms with Gasteiger partial charge in [0.05, 0.1) is 31.1 Å². The van der Waals surface area contributed by atoms with E-state index >= 15 is 0 Å². The number of rotatable bonds is 9. The predicted octanol–water partition coefficient (Wildman–Crippen LogP) is 5.02. The first-order valence-electron chi connectivity index (χ1n) is 14.8. The van der Waals surface area contributed by atoms with Gasteiger partial charge >= 0.3 is 0 Å². The molecule has 1 saturated carbocycles. The molecule has 1 aliphatic heterocycles. The van der Waals surface area contributed by atoms with Gasteiger partial charge in [-0.3, -0.25) is 0 Å². The first-order chi connectivity index (χ1) is 21.3. The van der Waals surface area contributed by atoms with Gasteiger partial charge in [-0.2, -0.15) is 10.2 Å². The van der Waals surface area contributed by atoms with E-state index in [0.717, 1.165) is 60.9 Å². The Kier molecular flexibility index (Phi) is 7.29. The lowest BCUT2D eigenvalue weighted by Crippen LogP contribution is -2.24. The van der Waals surface area contributed by atoms with Crippen LogP contribution in [0.2, 0.25) is 0 Å². The van der Waals surface area contributed by atoms with E-state index in [0.29, 0.717) is 41.7 Å². The second-order valence-electron chi connectivity index (χ2n) is 11.4. The van der Waals surface area contributed by atoms with Crippen molar-refractivity contribution < 1.29 is 17.9 Å². The molecule has 5 aromatic rings. The summed E-state index contributed by atoms with van der Waals surface area (Å²) in [6.07, 6.45) is 11.0. The Bertz CT molecular complexity index is 1930. The lowest BCUT2D eigenvalue weighted by molar-refractivity contribution is -0.0405. The average molecular weight is 615 g/mol. The Balaban J connectivity index is 1.45. The number of hydrogen-bond donors (Lipinski definition) is 0. The molecular weight excluding hydrogens is 580 g/mol. The van der Waals surface area contributed by atoms with Crippen LogP contribution in [-0.2, 0) is 21.1 Å². The number of methoxy groups -OCH3 is 1. The summed E-state index contributed by atoms with van der Waals surface area (Å²) in [6.45, 7) is 3.10. The molecule has 1 saturated heterocycles. The molecule has 4 aromatic heterocycles. The monoisotopic (exact) mass is 614 g/mol. The standard InChI is InChI=1S/C31H34N8O4S/c1-20-17-25(36-39(20)26-7-4-5-16-43-26)37(19-21-8-12-23(42-2)13-9-21)30-27(22-10-11-22)28(34-31(35-30)44(3,40)41)24-18-33-38-15-6-14-32-29(24)38/h6,8-9,12-15,17-18,22,26H,4-5,7,10-11,16,19H2,1-3H3. The highest BCUT2D eigenvalue weighted by Crippen LogP contribution is 2.49. The zero-order valence-electron chi connectivity index (χ0n) is 24.9. The van der Waals surface area contributed by atoms with Crippen molar-refractivity contribution in [2.45, 2.75) is 62.9 Å².